The minimum absolute atomic E-state index is 0.160. The van der Waals surface area contributed by atoms with E-state index in [1.165, 1.54) is 11.8 Å². The predicted octanol–water partition coefficient (Wildman–Crippen LogP) is 4.52. The fraction of sp³-hybridized carbons (Fsp3) is 0.167. The average molecular weight is 390 g/mol. The van der Waals surface area contributed by atoms with Gasteiger partial charge in [0.2, 0.25) is 11.8 Å². The zero-order valence-electron chi connectivity index (χ0n) is 13.9. The summed E-state index contributed by atoms with van der Waals surface area (Å²) in [6.07, 6.45) is 0. The topological polar surface area (TPSA) is 77.2 Å². The fourth-order valence-corrected chi connectivity index (χ4v) is 2.79. The molecule has 0 aliphatic heterocycles. The number of halogens is 1. The SMILES string of the molecule is CCOc1ccc(-c2nnc(SCC(=O)Nc3ccc(Cl)cc3)o2)cc1. The Morgan fingerprint density at radius 1 is 1.15 bits per heavy atom. The molecule has 26 heavy (non-hydrogen) atoms. The summed E-state index contributed by atoms with van der Waals surface area (Å²) < 4.78 is 11.0. The van der Waals surface area contributed by atoms with Crippen molar-refractivity contribution >= 4 is 35.0 Å². The van der Waals surface area contributed by atoms with Crippen molar-refractivity contribution in [3.8, 4) is 17.2 Å². The van der Waals surface area contributed by atoms with Crippen LogP contribution in [0.4, 0.5) is 5.69 Å². The van der Waals surface area contributed by atoms with Crippen LogP contribution in [0, 0.1) is 0 Å². The van der Waals surface area contributed by atoms with Crippen LogP contribution >= 0.6 is 23.4 Å². The van der Waals surface area contributed by atoms with Gasteiger partial charge < -0.3 is 14.5 Å². The Morgan fingerprint density at radius 3 is 2.58 bits per heavy atom. The average Bonchev–Trinajstić information content (AvgIpc) is 3.12. The number of ether oxygens (including phenoxy) is 1. The normalized spacial score (nSPS) is 10.5. The van der Waals surface area contributed by atoms with Crippen molar-refractivity contribution in [3.05, 3.63) is 53.6 Å². The molecule has 0 unspecified atom stereocenters. The molecule has 0 aliphatic carbocycles. The first-order chi connectivity index (χ1) is 12.6. The summed E-state index contributed by atoms with van der Waals surface area (Å²) in [5.74, 6) is 1.17. The molecule has 2 aromatic carbocycles. The second-order valence-corrected chi connectivity index (χ2v) is 6.54. The molecule has 8 heteroatoms. The Hall–Kier alpha value is -2.51. The van der Waals surface area contributed by atoms with E-state index in [2.05, 4.69) is 15.5 Å². The van der Waals surface area contributed by atoms with Crippen LogP contribution in [0.3, 0.4) is 0 Å². The van der Waals surface area contributed by atoms with Crippen molar-refractivity contribution in [3.63, 3.8) is 0 Å². The van der Waals surface area contributed by atoms with Gasteiger partial charge in [0.1, 0.15) is 5.75 Å². The summed E-state index contributed by atoms with van der Waals surface area (Å²) in [6.45, 7) is 2.54. The second kappa shape index (κ2) is 8.73. The third-order valence-electron chi connectivity index (χ3n) is 3.27. The lowest BCUT2D eigenvalue weighted by Crippen LogP contribution is -2.13. The van der Waals surface area contributed by atoms with Crippen LogP contribution in [0.15, 0.2) is 58.2 Å². The maximum absolute atomic E-state index is 12.0. The van der Waals surface area contributed by atoms with Gasteiger partial charge in [-0.15, -0.1) is 10.2 Å². The molecule has 134 valence electrons. The van der Waals surface area contributed by atoms with E-state index in [0.717, 1.165) is 11.3 Å². The zero-order valence-corrected chi connectivity index (χ0v) is 15.5. The lowest BCUT2D eigenvalue weighted by atomic mass is 10.2. The third kappa shape index (κ3) is 5.00. The minimum Gasteiger partial charge on any atom is -0.494 e. The standard InChI is InChI=1S/C18H16ClN3O3S/c1-2-24-15-9-3-12(4-10-15)17-21-22-18(25-17)26-11-16(23)20-14-7-5-13(19)6-8-14/h3-10H,2,11H2,1H3,(H,20,23). The predicted molar refractivity (Wildman–Crippen MR) is 102 cm³/mol. The van der Waals surface area contributed by atoms with Gasteiger partial charge in [0.25, 0.3) is 5.22 Å². The Labute approximate surface area is 159 Å². The summed E-state index contributed by atoms with van der Waals surface area (Å²) >= 11 is 6.99. The highest BCUT2D eigenvalue weighted by Gasteiger charge is 2.11. The molecule has 0 spiro atoms. The van der Waals surface area contributed by atoms with E-state index in [0.29, 0.717) is 28.4 Å². The van der Waals surface area contributed by atoms with Crippen LogP contribution < -0.4 is 10.1 Å². The zero-order chi connectivity index (χ0) is 18.4. The fourth-order valence-electron chi connectivity index (χ4n) is 2.10. The van der Waals surface area contributed by atoms with E-state index in [1.54, 1.807) is 24.3 Å². The highest BCUT2D eigenvalue weighted by Crippen LogP contribution is 2.25. The summed E-state index contributed by atoms with van der Waals surface area (Å²) in [6, 6.07) is 14.3. The van der Waals surface area contributed by atoms with Gasteiger partial charge in [-0.3, -0.25) is 4.79 Å². The van der Waals surface area contributed by atoms with Crippen LogP contribution in [0.5, 0.6) is 5.75 Å². The molecule has 0 saturated carbocycles. The van der Waals surface area contributed by atoms with Gasteiger partial charge in [0, 0.05) is 16.3 Å². The van der Waals surface area contributed by atoms with Gasteiger partial charge in [-0.25, -0.2) is 0 Å². The van der Waals surface area contributed by atoms with E-state index in [9.17, 15) is 4.79 Å². The number of aromatic nitrogens is 2. The maximum atomic E-state index is 12.0. The highest BCUT2D eigenvalue weighted by atomic mass is 35.5. The molecule has 0 aliphatic rings. The van der Waals surface area contributed by atoms with Gasteiger partial charge in [0.05, 0.1) is 12.4 Å². The van der Waals surface area contributed by atoms with E-state index >= 15 is 0 Å². The monoisotopic (exact) mass is 389 g/mol. The van der Waals surface area contributed by atoms with Crippen molar-refractivity contribution in [2.24, 2.45) is 0 Å². The minimum atomic E-state index is -0.168. The van der Waals surface area contributed by atoms with Gasteiger partial charge >= 0.3 is 0 Å². The molecule has 3 rings (SSSR count). The number of thioether (sulfide) groups is 1. The molecule has 1 aromatic heterocycles. The van der Waals surface area contributed by atoms with Gasteiger partial charge in [0.15, 0.2) is 0 Å². The van der Waals surface area contributed by atoms with Crippen molar-refractivity contribution in [1.82, 2.24) is 10.2 Å². The molecule has 0 radical (unpaired) electrons. The summed E-state index contributed by atoms with van der Waals surface area (Å²) in [5, 5.41) is 11.7. The first kappa shape index (κ1) is 18.3. The Balaban J connectivity index is 1.54. The Kier molecular flexibility index (Phi) is 6.14. The molecule has 0 bridgehead atoms. The van der Waals surface area contributed by atoms with Gasteiger partial charge in [-0.2, -0.15) is 0 Å². The van der Waals surface area contributed by atoms with Crippen molar-refractivity contribution in [2.75, 3.05) is 17.7 Å². The quantitative estimate of drug-likeness (QED) is 0.598. The lowest BCUT2D eigenvalue weighted by molar-refractivity contribution is -0.113. The number of hydrogen-bond acceptors (Lipinski definition) is 6. The van der Waals surface area contributed by atoms with Crippen molar-refractivity contribution in [2.45, 2.75) is 12.1 Å². The molecule has 1 amide bonds. The second-order valence-electron chi connectivity index (χ2n) is 5.17. The largest absolute Gasteiger partial charge is 0.494 e. The molecule has 3 aromatic rings. The van der Waals surface area contributed by atoms with Gasteiger partial charge in [-0.1, -0.05) is 23.4 Å². The molecule has 0 saturated heterocycles. The first-order valence-electron chi connectivity index (χ1n) is 7.89. The Morgan fingerprint density at radius 2 is 1.88 bits per heavy atom. The number of carbonyl (C=O) groups excluding carboxylic acids is 1. The molecule has 0 fully saturated rings. The molecular weight excluding hydrogens is 374 g/mol. The third-order valence-corrected chi connectivity index (χ3v) is 4.34. The Bertz CT molecular complexity index is 866. The number of nitrogens with zero attached hydrogens (tertiary/aromatic N) is 2. The summed E-state index contributed by atoms with van der Waals surface area (Å²) in [5.41, 5.74) is 1.47. The molecule has 6 nitrogen and oxygen atoms in total. The van der Waals surface area contributed by atoms with Crippen molar-refractivity contribution < 1.29 is 13.9 Å². The summed E-state index contributed by atoms with van der Waals surface area (Å²) in [4.78, 5) is 12.0. The number of amides is 1. The van der Waals surface area contributed by atoms with E-state index in [4.69, 9.17) is 20.8 Å². The van der Waals surface area contributed by atoms with Crippen LogP contribution in [-0.2, 0) is 4.79 Å². The number of anilines is 1. The van der Waals surface area contributed by atoms with Crippen LogP contribution in [0.25, 0.3) is 11.5 Å². The van der Waals surface area contributed by atoms with E-state index in [-0.39, 0.29) is 11.7 Å². The van der Waals surface area contributed by atoms with E-state index in [1.807, 2.05) is 31.2 Å². The van der Waals surface area contributed by atoms with E-state index < -0.39 is 0 Å². The highest BCUT2D eigenvalue weighted by molar-refractivity contribution is 7.99. The number of rotatable bonds is 7. The molecule has 0 atom stereocenters. The lowest BCUT2D eigenvalue weighted by Gasteiger charge is -2.03. The van der Waals surface area contributed by atoms with Crippen molar-refractivity contribution in [1.29, 1.82) is 0 Å². The number of benzene rings is 2. The molecular formula is C18H16ClN3O3S. The smallest absolute Gasteiger partial charge is 0.277 e. The van der Waals surface area contributed by atoms with Gasteiger partial charge in [-0.05, 0) is 55.5 Å². The number of carbonyl (C=O) groups is 1. The van der Waals surface area contributed by atoms with Crippen LogP contribution in [-0.4, -0.2) is 28.5 Å². The van der Waals surface area contributed by atoms with Crippen LogP contribution in [0.2, 0.25) is 5.02 Å². The number of hydrogen-bond donors (Lipinski definition) is 1. The van der Waals surface area contributed by atoms with Crippen LogP contribution in [0.1, 0.15) is 6.92 Å². The molecule has 1 heterocycles. The molecule has 1 N–H and O–H groups in total. The summed E-state index contributed by atoms with van der Waals surface area (Å²) in [7, 11) is 0. The number of nitrogens with one attached hydrogen (secondary N) is 1. The maximum Gasteiger partial charge on any atom is 0.277 e. The first-order valence-corrected chi connectivity index (χ1v) is 9.25.